The lowest BCUT2D eigenvalue weighted by Crippen LogP contribution is -2.34. The molecule has 0 aromatic heterocycles. The second-order valence-corrected chi connectivity index (χ2v) is 3.52. The average Bonchev–Trinajstić information content (AvgIpc) is 2.27. The van der Waals surface area contributed by atoms with Crippen molar-refractivity contribution in [1.29, 1.82) is 0 Å². The quantitative estimate of drug-likeness (QED) is 0.742. The number of para-hydroxylation sites is 1. The minimum absolute atomic E-state index is 0.605. The van der Waals surface area contributed by atoms with Crippen molar-refractivity contribution >= 4 is 11.4 Å². The summed E-state index contributed by atoms with van der Waals surface area (Å²) in [6.07, 6.45) is 0. The molecule has 1 aromatic rings. The normalized spacial score (nSPS) is 14.9. The zero-order valence-electron chi connectivity index (χ0n) is 8.59. The van der Waals surface area contributed by atoms with Gasteiger partial charge in [-0.05, 0) is 18.6 Å². The van der Waals surface area contributed by atoms with Crippen LogP contribution in [0.2, 0.25) is 0 Å². The molecule has 0 aliphatic carbocycles. The van der Waals surface area contributed by atoms with Crippen molar-refractivity contribution in [3.8, 4) is 0 Å². The van der Waals surface area contributed by atoms with Gasteiger partial charge in [0.1, 0.15) is 0 Å². The molecular formula is C11H17N3. The highest BCUT2D eigenvalue weighted by Crippen LogP contribution is 2.31. The van der Waals surface area contributed by atoms with E-state index in [1.165, 1.54) is 16.9 Å². The van der Waals surface area contributed by atoms with Gasteiger partial charge in [-0.25, -0.2) is 0 Å². The first kappa shape index (κ1) is 9.34. The van der Waals surface area contributed by atoms with E-state index >= 15 is 0 Å². The molecule has 0 fully saturated rings. The van der Waals surface area contributed by atoms with Crippen molar-refractivity contribution in [2.45, 2.75) is 13.5 Å². The first-order valence-corrected chi connectivity index (χ1v) is 5.17. The molecule has 1 heterocycles. The van der Waals surface area contributed by atoms with Crippen molar-refractivity contribution in [3.05, 3.63) is 23.8 Å². The number of nitrogens with one attached hydrogen (secondary N) is 1. The molecule has 1 aliphatic heterocycles. The van der Waals surface area contributed by atoms with E-state index in [2.05, 4.69) is 35.3 Å². The Hall–Kier alpha value is -1.22. The van der Waals surface area contributed by atoms with Crippen LogP contribution in [0.1, 0.15) is 12.5 Å². The molecule has 0 saturated carbocycles. The molecule has 3 nitrogen and oxygen atoms in total. The Morgan fingerprint density at radius 2 is 2.36 bits per heavy atom. The standard InChI is InChI=1S/C11H17N3/c1-2-14-7-6-13-11-9(8-12)4-3-5-10(11)14/h3-5,13H,2,6-8,12H2,1H3. The molecular weight excluding hydrogens is 174 g/mol. The number of anilines is 2. The lowest BCUT2D eigenvalue weighted by Gasteiger charge is -2.32. The van der Waals surface area contributed by atoms with Gasteiger partial charge in [0.25, 0.3) is 0 Å². The second kappa shape index (κ2) is 3.88. The molecule has 2 rings (SSSR count). The Kier molecular flexibility index (Phi) is 2.59. The van der Waals surface area contributed by atoms with Gasteiger partial charge < -0.3 is 16.0 Å². The second-order valence-electron chi connectivity index (χ2n) is 3.52. The summed E-state index contributed by atoms with van der Waals surface area (Å²) in [5.74, 6) is 0. The van der Waals surface area contributed by atoms with Gasteiger partial charge in [0.15, 0.2) is 0 Å². The lowest BCUT2D eigenvalue weighted by atomic mass is 10.1. The molecule has 14 heavy (non-hydrogen) atoms. The summed E-state index contributed by atoms with van der Waals surface area (Å²) in [4.78, 5) is 2.38. The maximum absolute atomic E-state index is 5.70. The number of rotatable bonds is 2. The van der Waals surface area contributed by atoms with Gasteiger partial charge in [0.05, 0.1) is 11.4 Å². The molecule has 1 aromatic carbocycles. The fourth-order valence-corrected chi connectivity index (χ4v) is 1.99. The van der Waals surface area contributed by atoms with Gasteiger partial charge in [-0.1, -0.05) is 12.1 Å². The summed E-state index contributed by atoms with van der Waals surface area (Å²) in [6, 6.07) is 6.33. The summed E-state index contributed by atoms with van der Waals surface area (Å²) in [7, 11) is 0. The first-order valence-electron chi connectivity index (χ1n) is 5.17. The van der Waals surface area contributed by atoms with Gasteiger partial charge in [-0.15, -0.1) is 0 Å². The molecule has 0 amide bonds. The van der Waals surface area contributed by atoms with E-state index in [-0.39, 0.29) is 0 Å². The highest BCUT2D eigenvalue weighted by molar-refractivity contribution is 5.75. The maximum Gasteiger partial charge on any atom is 0.0624 e. The highest BCUT2D eigenvalue weighted by Gasteiger charge is 2.16. The third-order valence-electron chi connectivity index (χ3n) is 2.75. The Morgan fingerprint density at radius 1 is 1.50 bits per heavy atom. The highest BCUT2D eigenvalue weighted by atomic mass is 15.2. The number of benzene rings is 1. The Balaban J connectivity index is 2.43. The van der Waals surface area contributed by atoms with Gasteiger partial charge in [0.2, 0.25) is 0 Å². The molecule has 0 atom stereocenters. The molecule has 3 N–H and O–H groups in total. The van der Waals surface area contributed by atoms with Crippen LogP contribution >= 0.6 is 0 Å². The van der Waals surface area contributed by atoms with E-state index in [1.54, 1.807) is 0 Å². The van der Waals surface area contributed by atoms with E-state index in [0.717, 1.165) is 19.6 Å². The lowest BCUT2D eigenvalue weighted by molar-refractivity contribution is 0.810. The van der Waals surface area contributed by atoms with Crippen LogP contribution in [0.4, 0.5) is 11.4 Å². The molecule has 1 aliphatic rings. The van der Waals surface area contributed by atoms with E-state index in [9.17, 15) is 0 Å². The van der Waals surface area contributed by atoms with Crippen LogP contribution in [0.5, 0.6) is 0 Å². The largest absolute Gasteiger partial charge is 0.381 e. The summed E-state index contributed by atoms with van der Waals surface area (Å²) in [6.45, 7) is 5.94. The molecule has 0 unspecified atom stereocenters. The average molecular weight is 191 g/mol. The van der Waals surface area contributed by atoms with E-state index in [0.29, 0.717) is 6.54 Å². The van der Waals surface area contributed by atoms with Gasteiger partial charge in [-0.2, -0.15) is 0 Å². The van der Waals surface area contributed by atoms with Crippen LogP contribution in [-0.2, 0) is 6.54 Å². The Morgan fingerprint density at radius 3 is 3.07 bits per heavy atom. The van der Waals surface area contributed by atoms with E-state index in [1.807, 2.05) is 0 Å². The van der Waals surface area contributed by atoms with Crippen LogP contribution in [-0.4, -0.2) is 19.6 Å². The van der Waals surface area contributed by atoms with Crippen LogP contribution in [0.25, 0.3) is 0 Å². The van der Waals surface area contributed by atoms with Crippen LogP contribution in [0.15, 0.2) is 18.2 Å². The number of nitrogens with zero attached hydrogens (tertiary/aromatic N) is 1. The molecule has 0 spiro atoms. The van der Waals surface area contributed by atoms with Crippen molar-refractivity contribution in [3.63, 3.8) is 0 Å². The molecule has 0 saturated heterocycles. The Labute approximate surface area is 84.9 Å². The minimum Gasteiger partial charge on any atom is -0.381 e. The van der Waals surface area contributed by atoms with Crippen LogP contribution in [0.3, 0.4) is 0 Å². The monoisotopic (exact) mass is 191 g/mol. The third kappa shape index (κ3) is 1.44. The topological polar surface area (TPSA) is 41.3 Å². The molecule has 0 radical (unpaired) electrons. The van der Waals surface area contributed by atoms with Gasteiger partial charge >= 0.3 is 0 Å². The summed E-state index contributed by atoms with van der Waals surface area (Å²) in [5, 5.41) is 3.42. The number of hydrogen-bond acceptors (Lipinski definition) is 3. The number of hydrogen-bond donors (Lipinski definition) is 2. The summed E-state index contributed by atoms with van der Waals surface area (Å²) < 4.78 is 0. The number of nitrogens with two attached hydrogens (primary N) is 1. The Bertz CT molecular complexity index is 322. The van der Waals surface area contributed by atoms with Gasteiger partial charge in [-0.3, -0.25) is 0 Å². The minimum atomic E-state index is 0.605. The predicted octanol–water partition coefficient (Wildman–Crippen LogP) is 1.40. The third-order valence-corrected chi connectivity index (χ3v) is 2.75. The van der Waals surface area contributed by atoms with E-state index in [4.69, 9.17) is 5.73 Å². The fourth-order valence-electron chi connectivity index (χ4n) is 1.99. The number of likely N-dealkylation sites (N-methyl/N-ethyl adjacent to an activating group) is 1. The SMILES string of the molecule is CCN1CCNc2c(CN)cccc21. The van der Waals surface area contributed by atoms with Crippen molar-refractivity contribution in [2.75, 3.05) is 29.9 Å². The zero-order valence-corrected chi connectivity index (χ0v) is 8.59. The number of fused-ring (bicyclic) bond motifs is 1. The van der Waals surface area contributed by atoms with Gasteiger partial charge in [0, 0.05) is 26.2 Å². The first-order chi connectivity index (χ1) is 6.86. The molecule has 0 bridgehead atoms. The zero-order chi connectivity index (χ0) is 9.97. The summed E-state index contributed by atoms with van der Waals surface area (Å²) >= 11 is 0. The van der Waals surface area contributed by atoms with E-state index < -0.39 is 0 Å². The summed E-state index contributed by atoms with van der Waals surface area (Å²) in [5.41, 5.74) is 9.43. The maximum atomic E-state index is 5.70. The smallest absolute Gasteiger partial charge is 0.0624 e. The fraction of sp³-hybridized carbons (Fsp3) is 0.455. The van der Waals surface area contributed by atoms with Crippen molar-refractivity contribution in [2.24, 2.45) is 5.73 Å². The van der Waals surface area contributed by atoms with Crippen LogP contribution in [0, 0.1) is 0 Å². The predicted molar refractivity (Wildman–Crippen MR) is 60.7 cm³/mol. The molecule has 76 valence electrons. The van der Waals surface area contributed by atoms with Crippen molar-refractivity contribution < 1.29 is 0 Å². The van der Waals surface area contributed by atoms with Crippen molar-refractivity contribution in [1.82, 2.24) is 0 Å². The molecule has 3 heteroatoms. The van der Waals surface area contributed by atoms with Crippen LogP contribution < -0.4 is 16.0 Å².